The average molecular weight is 228 g/mol. The summed E-state index contributed by atoms with van der Waals surface area (Å²) in [6.45, 7) is 13.7. The molecular formula is C14H28O2. The fraction of sp³-hybridized carbons (Fsp3) is 0.857. The van der Waals surface area contributed by atoms with Crippen LogP contribution in [0, 0.1) is 11.3 Å². The van der Waals surface area contributed by atoms with Gasteiger partial charge in [-0.25, -0.2) is 0 Å². The lowest BCUT2D eigenvalue weighted by molar-refractivity contribution is 0.0160. The topological polar surface area (TPSA) is 29.5 Å². The summed E-state index contributed by atoms with van der Waals surface area (Å²) in [6, 6.07) is 0. The lowest BCUT2D eigenvalue weighted by atomic mass is 9.81. The average Bonchev–Trinajstić information content (AvgIpc) is 2.16. The van der Waals surface area contributed by atoms with Crippen LogP contribution in [-0.2, 0) is 4.74 Å². The Balaban J connectivity index is 3.73. The number of hydrogen-bond acceptors (Lipinski definition) is 2. The van der Waals surface area contributed by atoms with Crippen LogP contribution in [0.3, 0.4) is 0 Å². The SMILES string of the molecule is C=CCC(C)(C)CC(C)COCC(O)CC. The zero-order chi connectivity index (χ0) is 12.6. The van der Waals surface area contributed by atoms with E-state index in [0.717, 1.165) is 25.9 Å². The molecule has 2 nitrogen and oxygen atoms in total. The van der Waals surface area contributed by atoms with Crippen LogP contribution in [0.4, 0.5) is 0 Å². The molecule has 0 saturated carbocycles. The maximum absolute atomic E-state index is 9.35. The lowest BCUT2D eigenvalue weighted by Crippen LogP contribution is -2.21. The molecule has 2 atom stereocenters. The Hall–Kier alpha value is -0.340. The normalized spacial score (nSPS) is 15.8. The highest BCUT2D eigenvalue weighted by Gasteiger charge is 2.19. The smallest absolute Gasteiger partial charge is 0.0771 e. The van der Waals surface area contributed by atoms with Gasteiger partial charge in [0.1, 0.15) is 0 Å². The van der Waals surface area contributed by atoms with Crippen molar-refractivity contribution in [2.45, 2.75) is 53.1 Å². The van der Waals surface area contributed by atoms with Gasteiger partial charge in [-0.15, -0.1) is 6.58 Å². The molecule has 96 valence electrons. The largest absolute Gasteiger partial charge is 0.391 e. The van der Waals surface area contributed by atoms with E-state index in [1.54, 1.807) is 0 Å². The fourth-order valence-electron chi connectivity index (χ4n) is 2.00. The van der Waals surface area contributed by atoms with Crippen molar-refractivity contribution in [3.63, 3.8) is 0 Å². The van der Waals surface area contributed by atoms with Crippen LogP contribution in [0.1, 0.15) is 47.0 Å². The quantitative estimate of drug-likeness (QED) is 0.613. The summed E-state index contributed by atoms with van der Waals surface area (Å²) >= 11 is 0. The van der Waals surface area contributed by atoms with Crippen LogP contribution < -0.4 is 0 Å². The van der Waals surface area contributed by atoms with E-state index in [9.17, 15) is 5.11 Å². The number of ether oxygens (including phenoxy) is 1. The van der Waals surface area contributed by atoms with Crippen LogP contribution in [0.25, 0.3) is 0 Å². The highest BCUT2D eigenvalue weighted by molar-refractivity contribution is 4.80. The van der Waals surface area contributed by atoms with Crippen molar-refractivity contribution in [2.75, 3.05) is 13.2 Å². The fourth-order valence-corrected chi connectivity index (χ4v) is 2.00. The van der Waals surface area contributed by atoms with Gasteiger partial charge in [0.05, 0.1) is 12.7 Å². The molecule has 0 spiro atoms. The summed E-state index contributed by atoms with van der Waals surface area (Å²) in [6.07, 6.45) is 4.59. The number of aliphatic hydroxyl groups is 1. The minimum atomic E-state index is -0.312. The number of allylic oxidation sites excluding steroid dienone is 1. The van der Waals surface area contributed by atoms with E-state index < -0.39 is 0 Å². The Kier molecular flexibility index (Phi) is 7.69. The third-order valence-corrected chi connectivity index (χ3v) is 2.78. The summed E-state index contributed by atoms with van der Waals surface area (Å²) in [5.74, 6) is 0.527. The van der Waals surface area contributed by atoms with Gasteiger partial charge in [0, 0.05) is 6.61 Å². The van der Waals surface area contributed by atoms with Crippen LogP contribution >= 0.6 is 0 Å². The lowest BCUT2D eigenvalue weighted by Gasteiger charge is -2.26. The van der Waals surface area contributed by atoms with Crippen molar-refractivity contribution in [3.05, 3.63) is 12.7 Å². The van der Waals surface area contributed by atoms with Crippen molar-refractivity contribution in [2.24, 2.45) is 11.3 Å². The summed E-state index contributed by atoms with van der Waals surface area (Å²) in [5, 5.41) is 9.35. The second-order valence-corrected chi connectivity index (χ2v) is 5.57. The Morgan fingerprint density at radius 3 is 2.50 bits per heavy atom. The zero-order valence-corrected chi connectivity index (χ0v) is 11.3. The first kappa shape index (κ1) is 15.7. The summed E-state index contributed by atoms with van der Waals surface area (Å²) in [7, 11) is 0. The van der Waals surface area contributed by atoms with Gasteiger partial charge in [-0.05, 0) is 30.6 Å². The van der Waals surface area contributed by atoms with Gasteiger partial charge in [0.15, 0.2) is 0 Å². The molecule has 0 heterocycles. The van der Waals surface area contributed by atoms with E-state index in [1.165, 1.54) is 0 Å². The first-order chi connectivity index (χ1) is 7.41. The van der Waals surface area contributed by atoms with E-state index in [2.05, 4.69) is 27.4 Å². The molecule has 2 unspecified atom stereocenters. The summed E-state index contributed by atoms with van der Waals surface area (Å²) in [4.78, 5) is 0. The van der Waals surface area contributed by atoms with Crippen molar-refractivity contribution in [1.82, 2.24) is 0 Å². The molecule has 0 bridgehead atoms. The third kappa shape index (κ3) is 7.89. The van der Waals surface area contributed by atoms with Gasteiger partial charge in [-0.3, -0.25) is 0 Å². The molecule has 2 heteroatoms. The molecule has 0 aromatic carbocycles. The van der Waals surface area contributed by atoms with Crippen molar-refractivity contribution in [3.8, 4) is 0 Å². The van der Waals surface area contributed by atoms with Crippen LogP contribution in [0.15, 0.2) is 12.7 Å². The molecule has 16 heavy (non-hydrogen) atoms. The van der Waals surface area contributed by atoms with Crippen molar-refractivity contribution < 1.29 is 9.84 Å². The molecule has 0 saturated heterocycles. The molecule has 1 N–H and O–H groups in total. The van der Waals surface area contributed by atoms with Gasteiger partial charge in [-0.1, -0.05) is 33.8 Å². The van der Waals surface area contributed by atoms with Crippen LogP contribution in [-0.4, -0.2) is 24.4 Å². The zero-order valence-electron chi connectivity index (χ0n) is 11.3. The van der Waals surface area contributed by atoms with Crippen molar-refractivity contribution >= 4 is 0 Å². The molecule has 0 aromatic rings. The molecule has 0 fully saturated rings. The second-order valence-electron chi connectivity index (χ2n) is 5.57. The monoisotopic (exact) mass is 228 g/mol. The van der Waals surface area contributed by atoms with Gasteiger partial charge < -0.3 is 9.84 Å². The molecule has 0 aliphatic heterocycles. The molecule has 0 aliphatic rings. The van der Waals surface area contributed by atoms with E-state index in [4.69, 9.17) is 4.74 Å². The van der Waals surface area contributed by atoms with E-state index in [0.29, 0.717) is 17.9 Å². The third-order valence-electron chi connectivity index (χ3n) is 2.78. The van der Waals surface area contributed by atoms with Gasteiger partial charge in [-0.2, -0.15) is 0 Å². The Bertz CT molecular complexity index is 187. The minimum Gasteiger partial charge on any atom is -0.391 e. The Labute approximate surface area is 101 Å². The first-order valence-corrected chi connectivity index (χ1v) is 6.28. The number of aliphatic hydroxyl groups excluding tert-OH is 1. The summed E-state index contributed by atoms with van der Waals surface area (Å²) < 4.78 is 5.50. The molecule has 0 aromatic heterocycles. The highest BCUT2D eigenvalue weighted by atomic mass is 16.5. The van der Waals surface area contributed by atoms with Gasteiger partial charge in [0.2, 0.25) is 0 Å². The second kappa shape index (κ2) is 7.86. The maximum Gasteiger partial charge on any atom is 0.0771 e. The van der Waals surface area contributed by atoms with E-state index >= 15 is 0 Å². The first-order valence-electron chi connectivity index (χ1n) is 6.28. The van der Waals surface area contributed by atoms with Crippen LogP contribution in [0.2, 0.25) is 0 Å². The standard InChI is InChI=1S/C14H28O2/c1-6-8-14(4,5)9-12(3)10-16-11-13(15)7-2/h6,12-13,15H,1,7-11H2,2-5H3. The van der Waals surface area contributed by atoms with Gasteiger partial charge >= 0.3 is 0 Å². The minimum absolute atomic E-state index is 0.300. The number of rotatable bonds is 9. The molecule has 0 radical (unpaired) electrons. The maximum atomic E-state index is 9.35. The van der Waals surface area contributed by atoms with E-state index in [1.807, 2.05) is 13.0 Å². The predicted molar refractivity (Wildman–Crippen MR) is 69.5 cm³/mol. The van der Waals surface area contributed by atoms with Crippen LogP contribution in [0.5, 0.6) is 0 Å². The van der Waals surface area contributed by atoms with E-state index in [-0.39, 0.29) is 6.10 Å². The Morgan fingerprint density at radius 1 is 1.38 bits per heavy atom. The van der Waals surface area contributed by atoms with Crippen molar-refractivity contribution in [1.29, 1.82) is 0 Å². The Morgan fingerprint density at radius 2 is 2.00 bits per heavy atom. The van der Waals surface area contributed by atoms with Gasteiger partial charge in [0.25, 0.3) is 0 Å². The molecular weight excluding hydrogens is 200 g/mol. The molecule has 0 rings (SSSR count). The molecule has 0 amide bonds. The number of hydrogen-bond donors (Lipinski definition) is 1. The summed E-state index contributed by atoms with van der Waals surface area (Å²) in [5.41, 5.74) is 0.300. The predicted octanol–water partition coefficient (Wildman–Crippen LogP) is 3.40. The highest BCUT2D eigenvalue weighted by Crippen LogP contribution is 2.29. The molecule has 0 aliphatic carbocycles.